The molecule has 4 aliphatic heterocycles. The molecule has 3 saturated heterocycles. The van der Waals surface area contributed by atoms with Crippen molar-refractivity contribution in [3.8, 4) is 0 Å². The molecule has 1 atom stereocenters. The lowest BCUT2D eigenvalue weighted by Gasteiger charge is -2.41. The number of benzene rings is 2. The highest BCUT2D eigenvalue weighted by Gasteiger charge is 2.35. The van der Waals surface area contributed by atoms with E-state index in [-0.39, 0.29) is 24.0 Å². The van der Waals surface area contributed by atoms with Gasteiger partial charge >= 0.3 is 12.1 Å². The quantitative estimate of drug-likeness (QED) is 0.456. The molecule has 0 bridgehead atoms. The van der Waals surface area contributed by atoms with Crippen LogP contribution in [-0.2, 0) is 30.5 Å². The van der Waals surface area contributed by atoms with E-state index in [0.717, 1.165) is 75.1 Å². The van der Waals surface area contributed by atoms with Gasteiger partial charge in [-0.15, -0.1) is 0 Å². The predicted octanol–water partition coefficient (Wildman–Crippen LogP) is 3.90. The van der Waals surface area contributed by atoms with Gasteiger partial charge in [-0.3, -0.25) is 9.69 Å². The van der Waals surface area contributed by atoms with E-state index in [0.29, 0.717) is 58.0 Å². The fourth-order valence-electron chi connectivity index (χ4n) is 7.93. The van der Waals surface area contributed by atoms with Crippen LogP contribution in [0, 0.1) is 0 Å². The molecule has 253 valence electrons. The summed E-state index contributed by atoms with van der Waals surface area (Å²) in [6, 6.07) is 14.2. The molecule has 3 fully saturated rings. The molecule has 4 aliphatic rings. The number of likely N-dealkylation sites (tertiary alicyclic amines) is 2. The van der Waals surface area contributed by atoms with E-state index in [9.17, 15) is 14.4 Å². The van der Waals surface area contributed by atoms with Crippen LogP contribution in [0.3, 0.4) is 0 Å². The summed E-state index contributed by atoms with van der Waals surface area (Å²) in [6.07, 6.45) is 6.54. The Kier molecular flexibility index (Phi) is 11.0. The number of hydrogen-bond donors (Lipinski definition) is 2. The van der Waals surface area contributed by atoms with E-state index in [4.69, 9.17) is 0 Å². The van der Waals surface area contributed by atoms with Gasteiger partial charge in [-0.05, 0) is 73.3 Å². The monoisotopic (exact) mass is 642 g/mol. The van der Waals surface area contributed by atoms with Gasteiger partial charge in [0.1, 0.15) is 6.04 Å². The number of carbonyl (C=O) groups is 3. The Labute approximate surface area is 280 Å². The van der Waals surface area contributed by atoms with Crippen molar-refractivity contribution in [2.75, 3.05) is 64.2 Å². The predicted molar refractivity (Wildman–Crippen MR) is 185 cm³/mol. The maximum absolute atomic E-state index is 14.1. The molecular weight excluding hydrogens is 590 g/mol. The van der Waals surface area contributed by atoms with E-state index in [1.807, 2.05) is 32.9 Å². The van der Waals surface area contributed by atoms with Gasteiger partial charge in [-0.1, -0.05) is 50.2 Å². The second kappa shape index (κ2) is 15.5. The number of fused-ring (bicyclic) bond motifs is 1. The first-order chi connectivity index (χ1) is 22.9. The minimum absolute atomic E-state index is 0.0127. The lowest BCUT2D eigenvalue weighted by molar-refractivity contribution is -0.134. The Hall–Kier alpha value is -3.63. The molecule has 0 saturated carbocycles. The van der Waals surface area contributed by atoms with Crippen LogP contribution in [0.4, 0.5) is 15.3 Å². The van der Waals surface area contributed by atoms with E-state index in [1.54, 1.807) is 0 Å². The number of piperidine rings is 2. The van der Waals surface area contributed by atoms with Crippen LogP contribution in [0.25, 0.3) is 0 Å². The van der Waals surface area contributed by atoms with Gasteiger partial charge in [-0.25, -0.2) is 14.9 Å². The van der Waals surface area contributed by atoms with Gasteiger partial charge in [0.25, 0.3) is 0 Å². The molecule has 0 unspecified atom stereocenters. The van der Waals surface area contributed by atoms with Gasteiger partial charge in [0, 0.05) is 83.1 Å². The first-order valence-corrected chi connectivity index (χ1v) is 17.9. The molecule has 0 spiro atoms. The summed E-state index contributed by atoms with van der Waals surface area (Å²) in [5.41, 5.74) is 5.75. The smallest absolute Gasteiger partial charge is 0.322 e. The zero-order valence-electron chi connectivity index (χ0n) is 28.3. The van der Waals surface area contributed by atoms with E-state index < -0.39 is 6.04 Å². The third-order valence-corrected chi connectivity index (χ3v) is 10.8. The number of carbonyl (C=O) groups excluding carboxylic acids is 3. The van der Waals surface area contributed by atoms with Crippen molar-refractivity contribution >= 4 is 23.7 Å². The molecule has 0 aromatic heterocycles. The zero-order valence-corrected chi connectivity index (χ0v) is 28.3. The normalized spacial score (nSPS) is 20.7. The standard InChI is InChI=1S/C37H52N7O3/c1-3-28-10-9-27(25-29(28)4-2)26-34(35(45)42-18-12-31(13-19-42)41-23-16-38-17-24-41)40-36(46)43-20-14-32(15-21-43)44-22-11-30-7-5-6-8-33(30)39-37(44)47/h5-10,25,31-32,34H,3-4,11-24,26H2,1-2H3,(H,39,47)(H,40,46)/t34-/m1/s1. The van der Waals surface area contributed by atoms with Crippen molar-refractivity contribution in [3.05, 3.63) is 64.7 Å². The fraction of sp³-hybridized carbons (Fsp3) is 0.595. The molecular formula is C37H52N7O3. The molecule has 2 aromatic rings. The SMILES string of the molecule is CCc1ccc(C[C@@H](NC(=O)N2CCC(N3CCc4ccccc4NC3=O)CC2)C(=O)N2CCC(N3CC[N]CC3)CC2)cc1CC. The van der Waals surface area contributed by atoms with Crippen LogP contribution in [0.5, 0.6) is 0 Å². The Morgan fingerprint density at radius 3 is 2.26 bits per heavy atom. The van der Waals surface area contributed by atoms with Gasteiger partial charge in [0.05, 0.1) is 0 Å². The largest absolute Gasteiger partial charge is 0.341 e. The third kappa shape index (κ3) is 7.92. The molecule has 10 nitrogen and oxygen atoms in total. The lowest BCUT2D eigenvalue weighted by atomic mass is 9.95. The molecule has 6 rings (SSSR count). The maximum Gasteiger partial charge on any atom is 0.322 e. The molecule has 10 heteroatoms. The van der Waals surface area contributed by atoms with Gasteiger partial charge in [-0.2, -0.15) is 0 Å². The first kappa shape index (κ1) is 33.3. The van der Waals surface area contributed by atoms with Gasteiger partial charge < -0.3 is 25.3 Å². The van der Waals surface area contributed by atoms with E-state index in [1.165, 1.54) is 11.1 Å². The van der Waals surface area contributed by atoms with Gasteiger partial charge in [0.2, 0.25) is 5.91 Å². The number of nitrogens with zero attached hydrogens (tertiary/aromatic N) is 5. The van der Waals surface area contributed by atoms with Crippen molar-refractivity contribution in [3.63, 3.8) is 0 Å². The Balaban J connectivity index is 1.09. The summed E-state index contributed by atoms with van der Waals surface area (Å²) in [7, 11) is 0. The number of aryl methyl sites for hydroxylation is 2. The second-order valence-electron chi connectivity index (χ2n) is 13.5. The summed E-state index contributed by atoms with van der Waals surface area (Å²) in [6.45, 7) is 11.4. The number of anilines is 1. The summed E-state index contributed by atoms with van der Waals surface area (Å²) < 4.78 is 0. The minimum atomic E-state index is -0.627. The Morgan fingerprint density at radius 2 is 1.53 bits per heavy atom. The van der Waals surface area contributed by atoms with Crippen molar-refractivity contribution in [2.45, 2.75) is 83.3 Å². The summed E-state index contributed by atoms with van der Waals surface area (Å²) >= 11 is 0. The van der Waals surface area contributed by atoms with Crippen LogP contribution in [0.1, 0.15) is 61.8 Å². The highest BCUT2D eigenvalue weighted by molar-refractivity contribution is 5.91. The van der Waals surface area contributed by atoms with Crippen LogP contribution >= 0.6 is 0 Å². The average Bonchev–Trinajstić information content (AvgIpc) is 3.29. The zero-order chi connectivity index (χ0) is 32.8. The molecule has 47 heavy (non-hydrogen) atoms. The van der Waals surface area contributed by atoms with Crippen LogP contribution < -0.4 is 16.0 Å². The Morgan fingerprint density at radius 1 is 0.851 bits per heavy atom. The van der Waals surface area contributed by atoms with Crippen LogP contribution in [-0.4, -0.2) is 115 Å². The maximum atomic E-state index is 14.1. The summed E-state index contributed by atoms with van der Waals surface area (Å²) in [4.78, 5) is 49.2. The van der Waals surface area contributed by atoms with Crippen molar-refractivity contribution in [1.29, 1.82) is 0 Å². The first-order valence-electron chi connectivity index (χ1n) is 17.9. The number of nitrogens with one attached hydrogen (secondary N) is 2. The number of urea groups is 2. The number of piperazine rings is 1. The molecule has 2 N–H and O–H groups in total. The van der Waals surface area contributed by atoms with Gasteiger partial charge in [0.15, 0.2) is 0 Å². The number of para-hydroxylation sites is 1. The number of hydrogen-bond acceptors (Lipinski definition) is 4. The topological polar surface area (TPSA) is 102 Å². The average molecular weight is 643 g/mol. The fourth-order valence-corrected chi connectivity index (χ4v) is 7.93. The molecule has 0 aliphatic carbocycles. The number of amides is 5. The van der Waals surface area contributed by atoms with Crippen molar-refractivity contribution in [2.24, 2.45) is 0 Å². The molecule has 4 heterocycles. The van der Waals surface area contributed by atoms with E-state index in [2.05, 4.69) is 59.0 Å². The van der Waals surface area contributed by atoms with Crippen LogP contribution in [0.15, 0.2) is 42.5 Å². The summed E-state index contributed by atoms with van der Waals surface area (Å²) in [5.74, 6) is 0.0127. The second-order valence-corrected chi connectivity index (χ2v) is 13.5. The number of rotatable bonds is 8. The van der Waals surface area contributed by atoms with Crippen LogP contribution in [0.2, 0.25) is 0 Å². The summed E-state index contributed by atoms with van der Waals surface area (Å²) in [5, 5.41) is 10.7. The third-order valence-electron chi connectivity index (χ3n) is 10.8. The highest BCUT2D eigenvalue weighted by atomic mass is 16.2. The Bertz CT molecular complexity index is 1390. The molecule has 1 radical (unpaired) electrons. The molecule has 2 aromatic carbocycles. The van der Waals surface area contributed by atoms with E-state index >= 15 is 0 Å². The van der Waals surface area contributed by atoms with Crippen molar-refractivity contribution < 1.29 is 14.4 Å². The lowest BCUT2D eigenvalue weighted by Crippen LogP contribution is -2.58. The van der Waals surface area contributed by atoms with Crippen molar-refractivity contribution in [1.82, 2.24) is 30.2 Å². The highest BCUT2D eigenvalue weighted by Crippen LogP contribution is 2.25. The minimum Gasteiger partial charge on any atom is -0.341 e. The molecule has 5 amide bonds.